The van der Waals surface area contributed by atoms with Crippen LogP contribution in [0, 0.1) is 0 Å². The predicted molar refractivity (Wildman–Crippen MR) is 240 cm³/mol. The Balaban J connectivity index is -0.000000118. The number of carboxylic acid groups (broad SMARTS) is 1. The molecule has 0 aliphatic heterocycles. The van der Waals surface area contributed by atoms with Crippen molar-refractivity contribution in [3.05, 3.63) is 122 Å². The molecule has 0 spiro atoms. The Morgan fingerprint density at radius 3 is 1.10 bits per heavy atom. The van der Waals surface area contributed by atoms with Crippen molar-refractivity contribution in [3.63, 3.8) is 0 Å². The Morgan fingerprint density at radius 1 is 0.586 bits per heavy atom. The molecule has 0 amide bonds. The quantitative estimate of drug-likeness (QED) is 0.0137. The van der Waals surface area contributed by atoms with E-state index in [2.05, 4.69) is 140 Å². The second-order valence-corrected chi connectivity index (χ2v) is 11.7. The van der Waals surface area contributed by atoms with Crippen molar-refractivity contribution in [3.8, 4) is 0 Å². The molecule has 0 bridgehead atoms. The molecular weight excluding hydrogens is 830 g/mol. The predicted octanol–water partition coefficient (Wildman–Crippen LogP) is 4.56. The first-order chi connectivity index (χ1) is 26.9. The Morgan fingerprint density at radius 2 is 0.862 bits per heavy atom. The number of allylic oxidation sites excluding steroid dienone is 20. The molecular formula is C45H74Cl2K2N2O7. The standard InChI is InChI=1S/C22H35NO2.C20H30O2.C2H6ClN.CH2O3.ClH.2K.H/c1-2-3-4-5-6-7-8-9-10-11-12-13-14-15-16-17-18-19-22(24)25-21-20-23;1-2-3-4-5-6-7-8-9-10-11-12-13-14-15-16-17-18-19-20(21)22;3-1-2-4;2-1-4-3;;;;/h3-4,6-7,9-10,12-13,15-16H,2,5,8,11,14,17-21,23H2,1H3;3-4,6-7,9-10,12-13,15-16H,2,5,8,11,14,17-19H2,1H3,(H,21,22);1-2,4H2;1,3H;1H;;;/q;;;;;2*+1;-1/p-1/b2*4-3-,7-6-,10-9-,13-12-,16-15-;;;;;;. The zero-order valence-electron chi connectivity index (χ0n) is 37.1. The minimum absolute atomic E-state index is 0. The van der Waals surface area contributed by atoms with E-state index in [1.165, 1.54) is 0 Å². The molecule has 58 heavy (non-hydrogen) atoms. The molecule has 0 aromatic rings. The largest absolute Gasteiger partial charge is 1.00 e. The normalized spacial score (nSPS) is 11.1. The number of halogens is 2. The molecule has 0 aromatic heterocycles. The molecule has 0 fully saturated rings. The van der Waals surface area contributed by atoms with Crippen molar-refractivity contribution in [1.29, 1.82) is 0 Å². The Hall–Kier alpha value is -0.457. The summed E-state index contributed by atoms with van der Waals surface area (Å²) in [6, 6.07) is 0. The Bertz CT molecular complexity index is 1140. The average Bonchev–Trinajstić information content (AvgIpc) is 3.19. The Kier molecular flexibility index (Phi) is 91.9. The molecule has 5 N–H and O–H groups in total. The van der Waals surface area contributed by atoms with Gasteiger partial charge in [0, 0.05) is 31.8 Å². The van der Waals surface area contributed by atoms with Gasteiger partial charge in [-0.05, 0) is 89.9 Å². The molecule has 0 heterocycles. The fourth-order valence-corrected chi connectivity index (χ4v) is 3.72. The number of unbranched alkanes of at least 4 members (excludes halogenated alkanes) is 2. The third kappa shape index (κ3) is 87.2. The summed E-state index contributed by atoms with van der Waals surface area (Å²) in [4.78, 5) is 32.8. The topological polar surface area (TPSA) is 165 Å². The molecule has 0 saturated heterocycles. The molecule has 0 aliphatic rings. The number of hydrogen-bond acceptors (Lipinski definition) is 8. The number of carbonyl (C=O) groups excluding carboxylic acids is 2. The van der Waals surface area contributed by atoms with Gasteiger partial charge >= 0.3 is 115 Å². The monoisotopic (exact) mass is 902 g/mol. The fraction of sp³-hybridized carbons (Fsp3) is 0.489. The molecule has 13 heteroatoms. The van der Waals surface area contributed by atoms with Gasteiger partial charge < -0.3 is 32.9 Å². The van der Waals surface area contributed by atoms with E-state index in [1.807, 2.05) is 0 Å². The first-order valence-corrected chi connectivity index (χ1v) is 20.0. The summed E-state index contributed by atoms with van der Waals surface area (Å²) >= 11 is 5.06. The summed E-state index contributed by atoms with van der Waals surface area (Å²) in [6.07, 6.45) is 57.5. The van der Waals surface area contributed by atoms with Gasteiger partial charge in [-0.25, -0.2) is 0 Å². The second kappa shape index (κ2) is 74.0. The molecule has 0 aromatic carbocycles. The van der Waals surface area contributed by atoms with Crippen LogP contribution in [0.25, 0.3) is 0 Å². The molecule has 9 nitrogen and oxygen atoms in total. The van der Waals surface area contributed by atoms with Crippen LogP contribution in [0.2, 0.25) is 0 Å². The van der Waals surface area contributed by atoms with Gasteiger partial charge in [0.2, 0.25) is 0 Å². The maximum absolute atomic E-state index is 11.2. The van der Waals surface area contributed by atoms with Gasteiger partial charge in [0.05, 0.1) is 0 Å². The maximum atomic E-state index is 11.2. The zero-order chi connectivity index (χ0) is 41.6. The van der Waals surface area contributed by atoms with Crippen LogP contribution in [0.15, 0.2) is 122 Å². The average molecular weight is 904 g/mol. The SMILES string of the molecule is CC/C=C\C/C=C\C/C=C\C/C=C\C/C=C\CCCC(=O)O.CC/C=C\C/C=C\C/C=C\C/C=C\C/C=C\CCCC(=O)OCCN.Cl.NCCCl.O=CO[O-].[H-].[K+].[K+]. The number of alkyl halides is 1. The van der Waals surface area contributed by atoms with Gasteiger partial charge in [-0.2, -0.15) is 0 Å². The van der Waals surface area contributed by atoms with Crippen molar-refractivity contribution >= 4 is 42.4 Å². The number of carbonyl (C=O) groups is 3. The van der Waals surface area contributed by atoms with Crippen LogP contribution in [0.4, 0.5) is 0 Å². The summed E-state index contributed by atoms with van der Waals surface area (Å²) in [5.74, 6) is -0.301. The number of nitrogens with two attached hydrogens (primary N) is 2. The van der Waals surface area contributed by atoms with Gasteiger partial charge in [0.25, 0.3) is 6.47 Å². The van der Waals surface area contributed by atoms with Crippen LogP contribution >= 0.6 is 24.0 Å². The van der Waals surface area contributed by atoms with E-state index in [4.69, 9.17) is 43.0 Å². The number of rotatable bonds is 30. The summed E-state index contributed by atoms with van der Waals surface area (Å²) < 4.78 is 4.91. The number of esters is 1. The first-order valence-electron chi connectivity index (χ1n) is 19.5. The zero-order valence-corrected chi connectivity index (χ0v) is 43.9. The molecule has 0 saturated carbocycles. The summed E-state index contributed by atoms with van der Waals surface area (Å²) in [5, 5.41) is 16.9. The van der Waals surface area contributed by atoms with E-state index in [-0.39, 0.29) is 135 Å². The summed E-state index contributed by atoms with van der Waals surface area (Å²) in [6.45, 7) is 5.41. The van der Waals surface area contributed by atoms with Gasteiger partial charge in [0.15, 0.2) is 0 Å². The molecule has 0 atom stereocenters. The minimum atomic E-state index is -0.715. The van der Waals surface area contributed by atoms with E-state index >= 15 is 0 Å². The van der Waals surface area contributed by atoms with E-state index < -0.39 is 5.97 Å². The number of aliphatic carboxylic acids is 1. The third-order valence-corrected chi connectivity index (χ3v) is 6.58. The fourth-order valence-electron chi connectivity index (χ4n) is 3.72. The van der Waals surface area contributed by atoms with Crippen LogP contribution in [0.5, 0.6) is 0 Å². The van der Waals surface area contributed by atoms with Crippen LogP contribution < -0.4 is 119 Å². The van der Waals surface area contributed by atoms with E-state index in [1.54, 1.807) is 0 Å². The van der Waals surface area contributed by atoms with Crippen molar-refractivity contribution < 1.29 is 139 Å². The van der Waals surface area contributed by atoms with Crippen molar-refractivity contribution in [2.75, 3.05) is 25.6 Å². The number of ether oxygens (including phenoxy) is 1. The van der Waals surface area contributed by atoms with Crippen LogP contribution in [0.3, 0.4) is 0 Å². The smallest absolute Gasteiger partial charge is 1.00 e. The first kappa shape index (κ1) is 72.0. The van der Waals surface area contributed by atoms with E-state index in [9.17, 15) is 9.59 Å². The van der Waals surface area contributed by atoms with Crippen molar-refractivity contribution in [1.82, 2.24) is 0 Å². The molecule has 0 unspecified atom stereocenters. The molecule has 0 rings (SSSR count). The summed E-state index contributed by atoms with van der Waals surface area (Å²) in [7, 11) is 0. The summed E-state index contributed by atoms with van der Waals surface area (Å²) in [5.41, 5.74) is 10.2. The molecule has 0 radical (unpaired) electrons. The van der Waals surface area contributed by atoms with E-state index in [0.717, 1.165) is 89.9 Å². The van der Waals surface area contributed by atoms with E-state index in [0.29, 0.717) is 32.0 Å². The second-order valence-electron chi connectivity index (χ2n) is 11.3. The molecule has 0 aliphatic carbocycles. The molecule has 322 valence electrons. The van der Waals surface area contributed by atoms with Crippen molar-refractivity contribution in [2.24, 2.45) is 11.5 Å². The Labute approximate surface area is 450 Å². The van der Waals surface area contributed by atoms with Crippen LogP contribution in [-0.2, 0) is 24.0 Å². The minimum Gasteiger partial charge on any atom is -1.00 e. The van der Waals surface area contributed by atoms with Crippen molar-refractivity contribution in [2.45, 2.75) is 117 Å². The van der Waals surface area contributed by atoms with Crippen LogP contribution in [0.1, 0.15) is 118 Å². The van der Waals surface area contributed by atoms with Gasteiger partial charge in [-0.15, -0.1) is 24.0 Å². The van der Waals surface area contributed by atoms with Crippen LogP contribution in [-0.4, -0.2) is 49.1 Å². The number of carboxylic acids is 1. The van der Waals surface area contributed by atoms with Gasteiger partial charge in [-0.1, -0.05) is 135 Å². The maximum Gasteiger partial charge on any atom is 1.00 e. The van der Waals surface area contributed by atoms with Gasteiger partial charge in [-0.3, -0.25) is 14.4 Å². The number of hydrogen-bond donors (Lipinski definition) is 3. The van der Waals surface area contributed by atoms with Gasteiger partial charge in [0.1, 0.15) is 6.61 Å². The third-order valence-electron chi connectivity index (χ3n) is 6.36.